The molecule has 0 bridgehead atoms. The second-order valence-corrected chi connectivity index (χ2v) is 3.82. The molecule has 1 aliphatic carbocycles. The van der Waals surface area contributed by atoms with Crippen molar-refractivity contribution >= 4 is 0 Å². The highest BCUT2D eigenvalue weighted by molar-refractivity contribution is 5.21. The van der Waals surface area contributed by atoms with Crippen molar-refractivity contribution in [2.24, 2.45) is 5.92 Å². The van der Waals surface area contributed by atoms with Crippen LogP contribution in [0.3, 0.4) is 0 Å². The van der Waals surface area contributed by atoms with Crippen molar-refractivity contribution in [1.29, 1.82) is 0 Å². The zero-order chi connectivity index (χ0) is 9.97. The Morgan fingerprint density at radius 3 is 3.07 bits per heavy atom. The molecule has 1 atom stereocenters. The van der Waals surface area contributed by atoms with Gasteiger partial charge in [0.1, 0.15) is 0 Å². The molecule has 2 rings (SSSR count). The molecule has 0 saturated heterocycles. The molecule has 1 N–H and O–H groups in total. The van der Waals surface area contributed by atoms with Crippen LogP contribution in [-0.2, 0) is 6.42 Å². The highest BCUT2D eigenvalue weighted by Gasteiger charge is 2.29. The molecule has 0 spiro atoms. The molecule has 0 amide bonds. The lowest BCUT2D eigenvalue weighted by Gasteiger charge is -2.09. The fourth-order valence-electron chi connectivity index (χ4n) is 1.58. The van der Waals surface area contributed by atoms with E-state index < -0.39 is 0 Å². The number of aliphatic hydroxyl groups excluding tert-OH is 1. The van der Waals surface area contributed by atoms with Gasteiger partial charge < -0.3 is 9.84 Å². The first-order valence-electron chi connectivity index (χ1n) is 4.96. The Morgan fingerprint density at radius 2 is 2.43 bits per heavy atom. The van der Waals surface area contributed by atoms with Gasteiger partial charge in [-0.25, -0.2) is 4.98 Å². The van der Waals surface area contributed by atoms with Gasteiger partial charge in [0.15, 0.2) is 0 Å². The zero-order valence-corrected chi connectivity index (χ0v) is 8.31. The summed E-state index contributed by atoms with van der Waals surface area (Å²) < 4.78 is 5.02. The minimum Gasteiger partial charge on any atom is -0.481 e. The van der Waals surface area contributed by atoms with Crippen LogP contribution in [0.4, 0.5) is 0 Å². The van der Waals surface area contributed by atoms with Crippen LogP contribution in [0.1, 0.15) is 18.4 Å². The van der Waals surface area contributed by atoms with Crippen LogP contribution in [0.25, 0.3) is 0 Å². The fraction of sp³-hybridized carbons (Fsp3) is 0.545. The molecule has 1 saturated carbocycles. The first-order valence-corrected chi connectivity index (χ1v) is 4.96. The predicted molar refractivity (Wildman–Crippen MR) is 53.2 cm³/mol. The summed E-state index contributed by atoms with van der Waals surface area (Å²) in [5, 5.41) is 9.74. The number of aromatic nitrogens is 1. The van der Waals surface area contributed by atoms with Crippen LogP contribution in [0.15, 0.2) is 18.3 Å². The fourth-order valence-corrected chi connectivity index (χ4v) is 1.58. The summed E-state index contributed by atoms with van der Waals surface area (Å²) in [6.45, 7) is 0. The van der Waals surface area contributed by atoms with Gasteiger partial charge in [0.25, 0.3) is 0 Å². The average Bonchev–Trinajstić information content (AvgIpc) is 3.01. The number of rotatable bonds is 4. The minimum absolute atomic E-state index is 0.192. The van der Waals surface area contributed by atoms with Gasteiger partial charge in [0.05, 0.1) is 13.2 Å². The molecule has 3 nitrogen and oxygen atoms in total. The molecule has 1 aromatic rings. The number of methoxy groups -OCH3 is 1. The molecule has 1 unspecified atom stereocenters. The Morgan fingerprint density at radius 1 is 1.64 bits per heavy atom. The van der Waals surface area contributed by atoms with Crippen molar-refractivity contribution in [3.63, 3.8) is 0 Å². The van der Waals surface area contributed by atoms with Crippen LogP contribution in [-0.4, -0.2) is 23.3 Å². The van der Waals surface area contributed by atoms with E-state index in [4.69, 9.17) is 4.74 Å². The minimum atomic E-state index is -0.192. The zero-order valence-electron chi connectivity index (χ0n) is 8.31. The lowest BCUT2D eigenvalue weighted by atomic mass is 10.1. The van der Waals surface area contributed by atoms with E-state index in [0.717, 1.165) is 5.56 Å². The molecule has 1 aromatic heterocycles. The van der Waals surface area contributed by atoms with Gasteiger partial charge in [0, 0.05) is 12.3 Å². The van der Waals surface area contributed by atoms with Crippen molar-refractivity contribution in [2.75, 3.05) is 7.11 Å². The Kier molecular flexibility index (Phi) is 2.68. The molecule has 1 fully saturated rings. The van der Waals surface area contributed by atoms with E-state index in [1.165, 1.54) is 12.8 Å². The third kappa shape index (κ3) is 2.23. The number of nitrogens with zero attached hydrogens (tertiary/aromatic N) is 1. The topological polar surface area (TPSA) is 42.4 Å². The van der Waals surface area contributed by atoms with E-state index in [9.17, 15) is 5.11 Å². The number of pyridine rings is 1. The molecule has 0 aromatic carbocycles. The van der Waals surface area contributed by atoms with Crippen molar-refractivity contribution in [1.82, 2.24) is 4.98 Å². The SMILES string of the molecule is COc1cc(CC(O)C2CC2)ccn1. The summed E-state index contributed by atoms with van der Waals surface area (Å²) in [6, 6.07) is 3.81. The number of hydrogen-bond acceptors (Lipinski definition) is 3. The molecule has 3 heteroatoms. The normalized spacial score (nSPS) is 17.9. The van der Waals surface area contributed by atoms with Crippen LogP contribution in [0.5, 0.6) is 5.88 Å². The lowest BCUT2D eigenvalue weighted by Crippen LogP contribution is -2.12. The summed E-state index contributed by atoms with van der Waals surface area (Å²) in [4.78, 5) is 4.02. The van der Waals surface area contributed by atoms with E-state index in [-0.39, 0.29) is 6.10 Å². The molecular weight excluding hydrogens is 178 g/mol. The number of aliphatic hydroxyl groups is 1. The third-order valence-electron chi connectivity index (χ3n) is 2.62. The average molecular weight is 193 g/mol. The van der Waals surface area contributed by atoms with E-state index in [1.54, 1.807) is 13.3 Å². The summed E-state index contributed by atoms with van der Waals surface area (Å²) in [5.74, 6) is 1.14. The van der Waals surface area contributed by atoms with Gasteiger partial charge in [-0.05, 0) is 36.8 Å². The molecule has 1 heterocycles. The van der Waals surface area contributed by atoms with Gasteiger partial charge in [-0.3, -0.25) is 0 Å². The highest BCUT2D eigenvalue weighted by Crippen LogP contribution is 2.34. The molecule has 0 radical (unpaired) electrons. The monoisotopic (exact) mass is 193 g/mol. The van der Waals surface area contributed by atoms with Crippen molar-refractivity contribution < 1.29 is 9.84 Å². The highest BCUT2D eigenvalue weighted by atomic mass is 16.5. The number of hydrogen-bond donors (Lipinski definition) is 1. The van der Waals surface area contributed by atoms with Crippen LogP contribution in [0, 0.1) is 5.92 Å². The molecule has 14 heavy (non-hydrogen) atoms. The molecule has 0 aliphatic heterocycles. The molecular formula is C11H15NO2. The van der Waals surface area contributed by atoms with E-state index in [0.29, 0.717) is 18.2 Å². The standard InChI is InChI=1S/C11H15NO2/c1-14-11-7-8(4-5-12-11)6-10(13)9-2-3-9/h4-5,7,9-10,13H,2-3,6H2,1H3. The Balaban J connectivity index is 2.00. The number of ether oxygens (including phenoxy) is 1. The smallest absolute Gasteiger partial charge is 0.213 e. The largest absolute Gasteiger partial charge is 0.481 e. The first-order chi connectivity index (χ1) is 6.79. The predicted octanol–water partition coefficient (Wildman–Crippen LogP) is 1.40. The first kappa shape index (κ1) is 9.46. The second kappa shape index (κ2) is 3.96. The van der Waals surface area contributed by atoms with Gasteiger partial charge in [-0.2, -0.15) is 0 Å². The second-order valence-electron chi connectivity index (χ2n) is 3.82. The van der Waals surface area contributed by atoms with Gasteiger partial charge in [0.2, 0.25) is 5.88 Å². The maximum atomic E-state index is 9.74. The van der Waals surface area contributed by atoms with Crippen molar-refractivity contribution in [3.8, 4) is 5.88 Å². The van der Waals surface area contributed by atoms with Crippen LogP contribution in [0.2, 0.25) is 0 Å². The maximum Gasteiger partial charge on any atom is 0.213 e. The van der Waals surface area contributed by atoms with E-state index in [1.807, 2.05) is 12.1 Å². The quantitative estimate of drug-likeness (QED) is 0.786. The Hall–Kier alpha value is -1.09. The third-order valence-corrected chi connectivity index (χ3v) is 2.62. The summed E-state index contributed by atoms with van der Waals surface area (Å²) in [6.07, 6.45) is 4.58. The van der Waals surface area contributed by atoms with Crippen molar-refractivity contribution in [2.45, 2.75) is 25.4 Å². The van der Waals surface area contributed by atoms with Crippen molar-refractivity contribution in [3.05, 3.63) is 23.9 Å². The summed E-state index contributed by atoms with van der Waals surface area (Å²) >= 11 is 0. The van der Waals surface area contributed by atoms with Gasteiger partial charge in [-0.15, -0.1) is 0 Å². The molecule has 1 aliphatic rings. The van der Waals surface area contributed by atoms with Gasteiger partial charge >= 0.3 is 0 Å². The lowest BCUT2D eigenvalue weighted by molar-refractivity contribution is 0.151. The maximum absolute atomic E-state index is 9.74. The van der Waals surface area contributed by atoms with E-state index in [2.05, 4.69) is 4.98 Å². The Labute approximate surface area is 83.7 Å². The van der Waals surface area contributed by atoms with Crippen LogP contribution < -0.4 is 4.74 Å². The molecule has 76 valence electrons. The van der Waals surface area contributed by atoms with E-state index >= 15 is 0 Å². The Bertz CT molecular complexity index is 310. The summed E-state index contributed by atoms with van der Waals surface area (Å²) in [7, 11) is 1.60. The van der Waals surface area contributed by atoms with Gasteiger partial charge in [-0.1, -0.05) is 0 Å². The summed E-state index contributed by atoms with van der Waals surface area (Å²) in [5.41, 5.74) is 1.09. The van der Waals surface area contributed by atoms with Crippen LogP contribution >= 0.6 is 0 Å².